The van der Waals surface area contributed by atoms with E-state index in [2.05, 4.69) is 35.9 Å². The second kappa shape index (κ2) is 2.02. The van der Waals surface area contributed by atoms with Gasteiger partial charge in [-0.3, -0.25) is 0 Å². The lowest BCUT2D eigenvalue weighted by molar-refractivity contribution is 1.10. The molecule has 2 heterocycles. The number of aromatic nitrogens is 4. The average molecular weight is 201 g/mol. The van der Waals surface area contributed by atoms with Crippen LogP contribution in [0.5, 0.6) is 0 Å². The second-order valence-corrected chi connectivity index (χ2v) is 2.45. The molecule has 5 heteroatoms. The number of hydrogen-bond donors (Lipinski definition) is 1. The number of rotatable bonds is 0. The molecule has 4 nitrogen and oxygen atoms in total. The topological polar surface area (TPSA) is 54.5 Å². The van der Waals surface area contributed by atoms with Crippen LogP contribution in [-0.2, 0) is 0 Å². The summed E-state index contributed by atoms with van der Waals surface area (Å²) in [5.74, 6) is 0.315. The molecule has 0 aliphatic carbocycles. The van der Waals surface area contributed by atoms with Crippen molar-refractivity contribution in [2.24, 2.45) is 0 Å². The summed E-state index contributed by atoms with van der Waals surface area (Å²) >= 11 is 3.16. The van der Waals surface area contributed by atoms with Crippen LogP contribution in [0.4, 0.5) is 0 Å². The van der Waals surface area contributed by atoms with Gasteiger partial charge in [0.25, 0.3) is 0 Å². The Bertz CT molecular complexity index is 401. The standard InChI is InChI=1S/C5H3BrN4/c6-4-3-5(9-1-7-3)10-2-8-4/h1-2H,(H,7,8,9,10)/i1D,2D. The Morgan fingerprint density at radius 2 is 2.40 bits per heavy atom. The van der Waals surface area contributed by atoms with Crippen LogP contribution in [0.3, 0.4) is 0 Å². The maximum atomic E-state index is 7.20. The number of imidazole rings is 1. The largest absolute Gasteiger partial charge is 0.339 e. The minimum absolute atomic E-state index is 0.00530. The van der Waals surface area contributed by atoms with E-state index < -0.39 is 0 Å². The molecule has 0 amide bonds. The van der Waals surface area contributed by atoms with Crippen molar-refractivity contribution in [2.75, 3.05) is 0 Å². The van der Waals surface area contributed by atoms with Crippen LogP contribution in [0.25, 0.3) is 11.5 Å². The van der Waals surface area contributed by atoms with Crippen molar-refractivity contribution in [1.82, 2.24) is 19.9 Å². The third kappa shape index (κ3) is 0.706. The summed E-state index contributed by atoms with van der Waals surface area (Å²) < 4.78 is 14.9. The average Bonchev–Trinajstić information content (AvgIpc) is 2.29. The molecule has 0 bridgehead atoms. The van der Waals surface area contributed by atoms with Gasteiger partial charge in [0, 0.05) is 0 Å². The molecular weight excluding hydrogens is 196 g/mol. The molecule has 0 radical (unpaired) electrons. The summed E-state index contributed by atoms with van der Waals surface area (Å²) in [4.78, 5) is 13.9. The molecule has 2 aliphatic heterocycles. The summed E-state index contributed by atoms with van der Waals surface area (Å²) in [6.07, 6.45) is -0.0912. The van der Waals surface area contributed by atoms with Gasteiger partial charge in [0.1, 0.15) is 19.3 Å². The minimum atomic E-state index is -0.0859. The molecule has 0 fully saturated rings. The number of halogens is 1. The maximum Gasteiger partial charge on any atom is 0.183 e. The molecule has 10 heavy (non-hydrogen) atoms. The molecule has 0 atom stereocenters. The minimum Gasteiger partial charge on any atom is -0.339 e. The van der Waals surface area contributed by atoms with Crippen LogP contribution < -0.4 is 0 Å². The highest BCUT2D eigenvalue weighted by atomic mass is 79.9. The van der Waals surface area contributed by atoms with Crippen LogP contribution in [-0.4, -0.2) is 19.9 Å². The Morgan fingerprint density at radius 3 is 3.30 bits per heavy atom. The predicted molar refractivity (Wildman–Crippen MR) is 38.5 cm³/mol. The summed E-state index contributed by atoms with van der Waals surface area (Å²) in [6, 6.07) is 0. The molecule has 0 aromatic rings. The van der Waals surface area contributed by atoms with Crippen molar-refractivity contribution in [3.8, 4) is 11.5 Å². The molecule has 0 spiro atoms. The van der Waals surface area contributed by atoms with E-state index in [4.69, 9.17) is 2.74 Å². The second-order valence-electron chi connectivity index (χ2n) is 1.66. The summed E-state index contributed by atoms with van der Waals surface area (Å²) in [5, 5.41) is 0. The Morgan fingerprint density at radius 1 is 1.50 bits per heavy atom. The smallest absolute Gasteiger partial charge is 0.183 e. The monoisotopic (exact) mass is 200 g/mol. The Balaban J connectivity index is 2.79. The van der Waals surface area contributed by atoms with E-state index >= 15 is 0 Å². The maximum absolute atomic E-state index is 7.20. The Kier molecular flexibility index (Phi) is 0.811. The predicted octanol–water partition coefficient (Wildman–Crippen LogP) is 1.07. The quantitative estimate of drug-likeness (QED) is 0.648. The highest BCUT2D eigenvalue weighted by Crippen LogP contribution is 2.20. The SMILES string of the molecule is [2H]c1nc2nc([2H])[nH]c(Br)c-2n1. The summed E-state index contributed by atoms with van der Waals surface area (Å²) in [7, 11) is 0. The fourth-order valence-corrected chi connectivity index (χ4v) is 0.994. The number of hydrogen-bond acceptors (Lipinski definition) is 3. The molecule has 0 aromatic carbocycles. The van der Waals surface area contributed by atoms with E-state index in [1.807, 2.05) is 0 Å². The van der Waals surface area contributed by atoms with Gasteiger partial charge in [0.15, 0.2) is 5.82 Å². The lowest BCUT2D eigenvalue weighted by Gasteiger charge is -1.94. The molecule has 50 valence electrons. The number of fused-ring (bicyclic) bond motifs is 1. The Labute approximate surface area is 68.0 Å². The van der Waals surface area contributed by atoms with E-state index in [-0.39, 0.29) is 12.6 Å². The lowest BCUT2D eigenvalue weighted by atomic mass is 10.4. The number of nitrogens with zero attached hydrogens (tertiary/aromatic N) is 3. The van der Waals surface area contributed by atoms with Crippen LogP contribution in [0.1, 0.15) is 2.74 Å². The zero-order valence-electron chi connectivity index (χ0n) is 6.72. The first-order chi connectivity index (χ1) is 5.66. The fraction of sp³-hybridized carbons (Fsp3) is 0. The first-order valence-electron chi connectivity index (χ1n) is 3.53. The molecule has 2 aliphatic rings. The molecular formula is C5H3BrN4. The first-order valence-corrected chi connectivity index (χ1v) is 3.32. The zero-order chi connectivity index (χ0) is 8.72. The van der Waals surface area contributed by atoms with Crippen molar-refractivity contribution in [1.29, 1.82) is 0 Å². The van der Waals surface area contributed by atoms with Crippen LogP contribution in [0.15, 0.2) is 17.2 Å². The van der Waals surface area contributed by atoms with E-state index in [1.54, 1.807) is 0 Å². The summed E-state index contributed by atoms with van der Waals surface area (Å²) in [6.45, 7) is 0. The van der Waals surface area contributed by atoms with Gasteiger partial charge in [0.05, 0.1) is 6.30 Å². The van der Waals surface area contributed by atoms with Gasteiger partial charge in [0.2, 0.25) is 0 Å². The number of nitrogens with one attached hydrogen (secondary N) is 1. The normalized spacial score (nSPS) is 13.3. The molecule has 1 N–H and O–H groups in total. The van der Waals surface area contributed by atoms with Gasteiger partial charge in [-0.05, 0) is 15.9 Å². The van der Waals surface area contributed by atoms with Gasteiger partial charge in [-0.2, -0.15) is 0 Å². The molecule has 0 saturated carbocycles. The van der Waals surface area contributed by atoms with E-state index in [0.717, 1.165) is 0 Å². The molecule has 0 saturated heterocycles. The highest BCUT2D eigenvalue weighted by Gasteiger charge is 2.08. The summed E-state index contributed by atoms with van der Waals surface area (Å²) in [5.41, 5.74) is 0.482. The Hall–Kier alpha value is -0.970. The van der Waals surface area contributed by atoms with Crippen LogP contribution >= 0.6 is 15.9 Å². The number of aromatic amines is 1. The molecule has 2 rings (SSSR count). The third-order valence-corrected chi connectivity index (χ3v) is 1.64. The first kappa shape index (κ1) is 4.02. The molecule has 0 unspecified atom stereocenters. The van der Waals surface area contributed by atoms with Crippen LogP contribution in [0, 0.1) is 0 Å². The van der Waals surface area contributed by atoms with Crippen molar-refractivity contribution in [3.05, 3.63) is 17.2 Å². The highest BCUT2D eigenvalue weighted by molar-refractivity contribution is 9.10. The van der Waals surface area contributed by atoms with Crippen molar-refractivity contribution in [3.63, 3.8) is 0 Å². The van der Waals surface area contributed by atoms with Gasteiger partial charge in [-0.1, -0.05) is 0 Å². The fourth-order valence-electron chi connectivity index (χ4n) is 0.640. The van der Waals surface area contributed by atoms with E-state index in [0.29, 0.717) is 16.1 Å². The van der Waals surface area contributed by atoms with Crippen molar-refractivity contribution in [2.45, 2.75) is 0 Å². The van der Waals surface area contributed by atoms with E-state index in [9.17, 15) is 0 Å². The third-order valence-electron chi connectivity index (χ3n) is 1.06. The van der Waals surface area contributed by atoms with Crippen molar-refractivity contribution >= 4 is 15.9 Å². The zero-order valence-corrected chi connectivity index (χ0v) is 6.31. The van der Waals surface area contributed by atoms with Gasteiger partial charge in [-0.25, -0.2) is 15.0 Å². The van der Waals surface area contributed by atoms with Gasteiger partial charge < -0.3 is 4.98 Å². The van der Waals surface area contributed by atoms with Crippen molar-refractivity contribution < 1.29 is 2.74 Å². The van der Waals surface area contributed by atoms with Gasteiger partial charge in [-0.15, -0.1) is 0 Å². The van der Waals surface area contributed by atoms with Crippen LogP contribution in [0.2, 0.25) is 0 Å². The van der Waals surface area contributed by atoms with E-state index in [1.165, 1.54) is 0 Å². The molecule has 0 aromatic heterocycles. The van der Waals surface area contributed by atoms with Gasteiger partial charge >= 0.3 is 0 Å². The lowest BCUT2D eigenvalue weighted by Crippen LogP contribution is -1.87. The number of H-pyrrole nitrogens is 1.